The van der Waals surface area contributed by atoms with Crippen LogP contribution in [0.1, 0.15) is 20.8 Å². The van der Waals surface area contributed by atoms with Crippen LogP contribution in [-0.2, 0) is 19.1 Å². The number of hydrogen-bond acceptors (Lipinski definition) is 4. The highest BCUT2D eigenvalue weighted by atomic mass is 16.5. The van der Waals surface area contributed by atoms with Crippen LogP contribution in [0.2, 0.25) is 0 Å². The van der Waals surface area contributed by atoms with Crippen LogP contribution in [0.5, 0.6) is 0 Å². The summed E-state index contributed by atoms with van der Waals surface area (Å²) in [5.41, 5.74) is 0.694. The molecule has 4 nitrogen and oxygen atoms in total. The molecule has 0 bridgehead atoms. The van der Waals surface area contributed by atoms with E-state index in [4.69, 9.17) is 4.74 Å². The van der Waals surface area contributed by atoms with Gasteiger partial charge in [-0.05, 0) is 19.9 Å². The summed E-state index contributed by atoms with van der Waals surface area (Å²) in [7, 11) is 1.32. The molecule has 1 aliphatic rings. The minimum absolute atomic E-state index is 0.0129. The Hall–Kier alpha value is -1.58. The van der Waals surface area contributed by atoms with E-state index in [2.05, 4.69) is 4.74 Å². The quantitative estimate of drug-likeness (QED) is 0.540. The van der Waals surface area contributed by atoms with E-state index in [0.717, 1.165) is 0 Å². The third kappa shape index (κ3) is 2.51. The first-order valence-electron chi connectivity index (χ1n) is 5.12. The Kier molecular flexibility index (Phi) is 3.88. The second-order valence-corrected chi connectivity index (χ2v) is 3.78. The fourth-order valence-electron chi connectivity index (χ4n) is 1.87. The Labute approximate surface area is 94.9 Å². The molecule has 0 saturated carbocycles. The van der Waals surface area contributed by atoms with Gasteiger partial charge in [0, 0.05) is 17.6 Å². The van der Waals surface area contributed by atoms with Gasteiger partial charge in [0.05, 0.1) is 7.11 Å². The molecule has 0 amide bonds. The molecule has 0 aromatic rings. The number of esters is 1. The Balaban J connectivity index is 2.75. The van der Waals surface area contributed by atoms with E-state index in [9.17, 15) is 9.59 Å². The van der Waals surface area contributed by atoms with Gasteiger partial charge in [0.25, 0.3) is 0 Å². The van der Waals surface area contributed by atoms with Crippen molar-refractivity contribution < 1.29 is 19.1 Å². The first-order valence-corrected chi connectivity index (χ1v) is 5.12. The maximum atomic E-state index is 11.4. The number of Topliss-reactive ketones (excluding diaryl/α,β-unsaturated/α-hetero) is 1. The molecule has 88 valence electrons. The number of carbonyl (C=O) groups excluding carboxylic acids is 2. The molecule has 16 heavy (non-hydrogen) atoms. The van der Waals surface area contributed by atoms with Crippen molar-refractivity contribution in [2.45, 2.75) is 26.9 Å². The van der Waals surface area contributed by atoms with Gasteiger partial charge in [0.2, 0.25) is 0 Å². The van der Waals surface area contributed by atoms with Crippen molar-refractivity contribution in [3.8, 4) is 0 Å². The Morgan fingerprint density at radius 3 is 2.50 bits per heavy atom. The second-order valence-electron chi connectivity index (χ2n) is 3.78. The Morgan fingerprint density at radius 2 is 2.06 bits per heavy atom. The van der Waals surface area contributed by atoms with Crippen molar-refractivity contribution >= 4 is 11.8 Å². The average Bonchev–Trinajstić information content (AvgIpc) is 2.50. The average molecular weight is 224 g/mol. The van der Waals surface area contributed by atoms with Gasteiger partial charge in [-0.1, -0.05) is 6.92 Å². The molecule has 0 N–H and O–H groups in total. The molecule has 0 saturated heterocycles. The SMILES string of the molecule is COC(=O)/C=C/C1OC(C)=C(C(C)=O)C1C. The Bertz CT molecular complexity index is 365. The zero-order valence-corrected chi connectivity index (χ0v) is 9.94. The summed E-state index contributed by atoms with van der Waals surface area (Å²) in [6, 6.07) is 0. The lowest BCUT2D eigenvalue weighted by molar-refractivity contribution is -0.134. The van der Waals surface area contributed by atoms with Gasteiger partial charge >= 0.3 is 5.97 Å². The Morgan fingerprint density at radius 1 is 1.44 bits per heavy atom. The number of carbonyl (C=O) groups is 2. The highest BCUT2D eigenvalue weighted by Crippen LogP contribution is 2.31. The van der Waals surface area contributed by atoms with Crippen molar-refractivity contribution in [2.75, 3.05) is 7.11 Å². The molecule has 2 unspecified atom stereocenters. The molecular formula is C12H16O4. The largest absolute Gasteiger partial charge is 0.490 e. The van der Waals surface area contributed by atoms with Crippen LogP contribution < -0.4 is 0 Å². The van der Waals surface area contributed by atoms with E-state index in [1.165, 1.54) is 20.1 Å². The van der Waals surface area contributed by atoms with Gasteiger partial charge < -0.3 is 9.47 Å². The zero-order valence-electron chi connectivity index (χ0n) is 9.94. The smallest absolute Gasteiger partial charge is 0.330 e. The van der Waals surface area contributed by atoms with Crippen LogP contribution in [0.15, 0.2) is 23.5 Å². The van der Waals surface area contributed by atoms with Gasteiger partial charge in [-0.25, -0.2) is 4.79 Å². The summed E-state index contributed by atoms with van der Waals surface area (Å²) >= 11 is 0. The summed E-state index contributed by atoms with van der Waals surface area (Å²) < 4.78 is 9.99. The molecule has 0 aliphatic carbocycles. The molecule has 0 aromatic heterocycles. The monoisotopic (exact) mass is 224 g/mol. The van der Waals surface area contributed by atoms with Crippen LogP contribution >= 0.6 is 0 Å². The minimum Gasteiger partial charge on any atom is -0.490 e. The van der Waals surface area contributed by atoms with Gasteiger partial charge in [0.1, 0.15) is 11.9 Å². The van der Waals surface area contributed by atoms with Gasteiger partial charge in [0.15, 0.2) is 5.78 Å². The lowest BCUT2D eigenvalue weighted by Gasteiger charge is -2.11. The molecule has 1 aliphatic heterocycles. The highest BCUT2D eigenvalue weighted by Gasteiger charge is 2.32. The molecule has 1 rings (SSSR count). The summed E-state index contributed by atoms with van der Waals surface area (Å²) in [6.45, 7) is 5.18. The third-order valence-electron chi connectivity index (χ3n) is 2.64. The molecule has 2 atom stereocenters. The van der Waals surface area contributed by atoms with Crippen molar-refractivity contribution in [3.63, 3.8) is 0 Å². The zero-order chi connectivity index (χ0) is 12.3. The topological polar surface area (TPSA) is 52.6 Å². The normalized spacial score (nSPS) is 24.8. The van der Waals surface area contributed by atoms with Crippen molar-refractivity contribution in [3.05, 3.63) is 23.5 Å². The summed E-state index contributed by atoms with van der Waals surface area (Å²) in [6.07, 6.45) is 2.67. The van der Waals surface area contributed by atoms with Crippen LogP contribution in [0.3, 0.4) is 0 Å². The molecule has 0 radical (unpaired) electrons. The molecule has 0 fully saturated rings. The number of rotatable bonds is 3. The van der Waals surface area contributed by atoms with Crippen molar-refractivity contribution in [1.29, 1.82) is 0 Å². The molecule has 0 spiro atoms. The third-order valence-corrected chi connectivity index (χ3v) is 2.64. The molecule has 0 aromatic carbocycles. The standard InChI is InChI=1S/C12H16O4/c1-7-10(5-6-11(14)15-4)16-9(3)12(7)8(2)13/h5-7,10H,1-4H3/b6-5+. The number of ketones is 1. The first kappa shape index (κ1) is 12.5. The predicted octanol–water partition coefficient (Wildman–Crippen LogP) is 1.61. The van der Waals surface area contributed by atoms with E-state index >= 15 is 0 Å². The summed E-state index contributed by atoms with van der Waals surface area (Å²) in [4.78, 5) is 22.3. The number of allylic oxidation sites excluding steroid dienone is 1. The molecule has 1 heterocycles. The van der Waals surface area contributed by atoms with Crippen LogP contribution in [0.25, 0.3) is 0 Å². The van der Waals surface area contributed by atoms with Gasteiger partial charge in [-0.15, -0.1) is 0 Å². The highest BCUT2D eigenvalue weighted by molar-refractivity contribution is 5.94. The van der Waals surface area contributed by atoms with Crippen LogP contribution in [-0.4, -0.2) is 25.0 Å². The van der Waals surface area contributed by atoms with E-state index < -0.39 is 5.97 Å². The molecule has 4 heteroatoms. The van der Waals surface area contributed by atoms with Crippen molar-refractivity contribution in [2.24, 2.45) is 5.92 Å². The number of hydrogen-bond donors (Lipinski definition) is 0. The van der Waals surface area contributed by atoms with Gasteiger partial charge in [-0.2, -0.15) is 0 Å². The van der Waals surface area contributed by atoms with Crippen LogP contribution in [0, 0.1) is 5.92 Å². The molecular weight excluding hydrogens is 208 g/mol. The minimum atomic E-state index is -0.426. The van der Waals surface area contributed by atoms with E-state index in [1.54, 1.807) is 13.0 Å². The first-order chi connectivity index (χ1) is 7.47. The fraction of sp³-hybridized carbons (Fsp3) is 0.500. The van der Waals surface area contributed by atoms with E-state index in [0.29, 0.717) is 11.3 Å². The number of ether oxygens (including phenoxy) is 2. The maximum absolute atomic E-state index is 11.4. The van der Waals surface area contributed by atoms with Gasteiger partial charge in [-0.3, -0.25) is 4.79 Å². The lowest BCUT2D eigenvalue weighted by Crippen LogP contribution is -2.16. The van der Waals surface area contributed by atoms with E-state index in [-0.39, 0.29) is 17.8 Å². The summed E-state index contributed by atoms with van der Waals surface area (Å²) in [5.74, 6) is 0.196. The lowest BCUT2D eigenvalue weighted by atomic mass is 9.94. The van der Waals surface area contributed by atoms with Crippen LogP contribution in [0.4, 0.5) is 0 Å². The predicted molar refractivity (Wildman–Crippen MR) is 58.6 cm³/mol. The number of methoxy groups -OCH3 is 1. The maximum Gasteiger partial charge on any atom is 0.330 e. The van der Waals surface area contributed by atoms with E-state index in [1.807, 2.05) is 6.92 Å². The summed E-state index contributed by atoms with van der Waals surface area (Å²) in [5, 5.41) is 0. The van der Waals surface area contributed by atoms with Crippen molar-refractivity contribution in [1.82, 2.24) is 0 Å². The second kappa shape index (κ2) is 4.96. The fourth-order valence-corrected chi connectivity index (χ4v) is 1.87.